The van der Waals surface area contributed by atoms with Gasteiger partial charge >= 0.3 is 0 Å². The molecule has 5 heteroatoms. The van der Waals surface area contributed by atoms with Crippen molar-refractivity contribution in [1.29, 1.82) is 0 Å². The van der Waals surface area contributed by atoms with Crippen LogP contribution in [-0.4, -0.2) is 20.3 Å². The molecule has 2 heterocycles. The number of benzene rings is 2. The first-order valence-electron chi connectivity index (χ1n) is 8.56. The minimum atomic E-state index is -0.0773. The molecule has 0 aliphatic heterocycles. The van der Waals surface area contributed by atoms with Crippen LogP contribution in [0.3, 0.4) is 0 Å². The summed E-state index contributed by atoms with van der Waals surface area (Å²) in [5, 5.41) is 8.35. The third-order valence-corrected chi connectivity index (χ3v) is 4.45. The Labute approximate surface area is 151 Å². The monoisotopic (exact) mass is 344 g/mol. The molecule has 130 valence electrons. The van der Waals surface area contributed by atoms with Gasteiger partial charge in [0.25, 0.3) is 0 Å². The number of hydrogen-bond donors (Lipinski definition) is 1. The van der Waals surface area contributed by atoms with Crippen molar-refractivity contribution in [2.75, 3.05) is 5.32 Å². The van der Waals surface area contributed by atoms with Gasteiger partial charge in [0.05, 0.1) is 5.69 Å². The second-order valence-corrected chi connectivity index (χ2v) is 6.38. The zero-order chi connectivity index (χ0) is 18.1. The third kappa shape index (κ3) is 2.99. The molecule has 0 fully saturated rings. The minimum absolute atomic E-state index is 0.0773. The van der Waals surface area contributed by atoms with Crippen molar-refractivity contribution in [2.24, 2.45) is 7.05 Å². The highest BCUT2D eigenvalue weighted by Crippen LogP contribution is 2.28. The van der Waals surface area contributed by atoms with Gasteiger partial charge in [-0.15, -0.1) is 0 Å². The Morgan fingerprint density at radius 2 is 1.77 bits per heavy atom. The number of para-hydroxylation sites is 1. The summed E-state index contributed by atoms with van der Waals surface area (Å²) >= 11 is 0. The standard InChI is InChI=1S/C21H20N4O/c1-15-12-20(24(2)23-15)22-21(26)14-25-18-11-7-6-10-17(18)13-19(25)16-8-4-3-5-9-16/h3-13H,14H2,1-2H3,(H,22,26). The largest absolute Gasteiger partial charge is 0.331 e. The summed E-state index contributed by atoms with van der Waals surface area (Å²) in [6, 6.07) is 22.3. The van der Waals surface area contributed by atoms with Gasteiger partial charge in [0.15, 0.2) is 0 Å². The fourth-order valence-electron chi connectivity index (χ4n) is 3.28. The molecule has 0 radical (unpaired) electrons. The fourth-order valence-corrected chi connectivity index (χ4v) is 3.28. The van der Waals surface area contributed by atoms with Crippen molar-refractivity contribution in [3.8, 4) is 11.3 Å². The molecule has 1 amide bonds. The molecule has 4 aromatic rings. The lowest BCUT2D eigenvalue weighted by Crippen LogP contribution is -2.20. The summed E-state index contributed by atoms with van der Waals surface area (Å²) in [5.74, 6) is 0.622. The van der Waals surface area contributed by atoms with E-state index in [2.05, 4.69) is 39.2 Å². The number of fused-ring (bicyclic) bond motifs is 1. The third-order valence-electron chi connectivity index (χ3n) is 4.45. The Hall–Kier alpha value is -3.34. The number of carbonyl (C=O) groups is 1. The molecule has 0 atom stereocenters. The van der Waals surface area contributed by atoms with E-state index in [0.29, 0.717) is 5.82 Å². The SMILES string of the molecule is Cc1cc(NC(=O)Cn2c(-c3ccccc3)cc3ccccc32)n(C)n1. The Balaban J connectivity index is 1.71. The van der Waals surface area contributed by atoms with Crippen LogP contribution in [0, 0.1) is 6.92 Å². The summed E-state index contributed by atoms with van der Waals surface area (Å²) in [6.45, 7) is 2.14. The highest BCUT2D eigenvalue weighted by atomic mass is 16.2. The maximum atomic E-state index is 12.7. The van der Waals surface area contributed by atoms with Gasteiger partial charge in [-0.3, -0.25) is 9.48 Å². The second kappa shape index (κ2) is 6.52. The van der Waals surface area contributed by atoms with Crippen molar-refractivity contribution in [1.82, 2.24) is 14.3 Å². The van der Waals surface area contributed by atoms with Gasteiger partial charge in [0.1, 0.15) is 12.4 Å². The number of amides is 1. The molecular formula is C21H20N4O. The van der Waals surface area contributed by atoms with Gasteiger partial charge in [0, 0.05) is 29.7 Å². The first-order chi connectivity index (χ1) is 12.6. The summed E-state index contributed by atoms with van der Waals surface area (Å²) < 4.78 is 3.74. The number of anilines is 1. The minimum Gasteiger partial charge on any atom is -0.331 e. The molecule has 0 saturated heterocycles. The average molecular weight is 344 g/mol. The van der Waals surface area contributed by atoms with E-state index in [1.807, 2.05) is 56.4 Å². The van der Waals surface area contributed by atoms with E-state index in [1.54, 1.807) is 4.68 Å². The van der Waals surface area contributed by atoms with Crippen LogP contribution in [0.15, 0.2) is 66.7 Å². The van der Waals surface area contributed by atoms with Crippen LogP contribution in [0.4, 0.5) is 5.82 Å². The molecule has 4 rings (SSSR count). The lowest BCUT2D eigenvalue weighted by molar-refractivity contribution is -0.116. The van der Waals surface area contributed by atoms with E-state index in [0.717, 1.165) is 27.9 Å². The van der Waals surface area contributed by atoms with E-state index in [4.69, 9.17) is 0 Å². The number of aromatic nitrogens is 3. The average Bonchev–Trinajstić information content (AvgIpc) is 3.15. The van der Waals surface area contributed by atoms with Crippen LogP contribution in [0.2, 0.25) is 0 Å². The van der Waals surface area contributed by atoms with Gasteiger partial charge in [-0.1, -0.05) is 48.5 Å². The van der Waals surface area contributed by atoms with Crippen LogP contribution in [0.1, 0.15) is 5.69 Å². The van der Waals surface area contributed by atoms with E-state index < -0.39 is 0 Å². The molecule has 1 N–H and O–H groups in total. The highest BCUT2D eigenvalue weighted by molar-refractivity contribution is 5.93. The first-order valence-corrected chi connectivity index (χ1v) is 8.56. The Bertz CT molecular complexity index is 1080. The van der Waals surface area contributed by atoms with Crippen molar-refractivity contribution in [3.05, 3.63) is 72.4 Å². The predicted octanol–water partition coefficient (Wildman–Crippen LogP) is 3.99. The lowest BCUT2D eigenvalue weighted by atomic mass is 10.1. The number of carbonyl (C=O) groups excluding carboxylic acids is 1. The summed E-state index contributed by atoms with van der Waals surface area (Å²) in [6.07, 6.45) is 0. The molecule has 0 saturated carbocycles. The maximum Gasteiger partial charge on any atom is 0.245 e. The molecule has 2 aromatic carbocycles. The predicted molar refractivity (Wildman–Crippen MR) is 104 cm³/mol. The van der Waals surface area contributed by atoms with Crippen molar-refractivity contribution >= 4 is 22.6 Å². The number of nitrogens with one attached hydrogen (secondary N) is 1. The van der Waals surface area contributed by atoms with Gasteiger partial charge in [-0.05, 0) is 24.6 Å². The molecule has 0 bridgehead atoms. The summed E-state index contributed by atoms with van der Waals surface area (Å²) in [4.78, 5) is 12.7. The van der Waals surface area contributed by atoms with E-state index in [9.17, 15) is 4.79 Å². The number of nitrogens with zero attached hydrogens (tertiary/aromatic N) is 3. The Kier molecular flexibility index (Phi) is 4.05. The molecular weight excluding hydrogens is 324 g/mol. The normalized spacial score (nSPS) is 11.0. The molecule has 2 aromatic heterocycles. The second-order valence-electron chi connectivity index (χ2n) is 6.38. The molecule has 0 aliphatic rings. The summed E-state index contributed by atoms with van der Waals surface area (Å²) in [5.41, 5.74) is 4.04. The van der Waals surface area contributed by atoms with Crippen LogP contribution in [0.5, 0.6) is 0 Å². The van der Waals surface area contributed by atoms with Crippen LogP contribution in [0.25, 0.3) is 22.2 Å². The number of hydrogen-bond acceptors (Lipinski definition) is 2. The van der Waals surface area contributed by atoms with Crippen molar-refractivity contribution < 1.29 is 4.79 Å². The first kappa shape index (κ1) is 16.1. The molecule has 0 spiro atoms. The zero-order valence-electron chi connectivity index (χ0n) is 14.8. The van der Waals surface area contributed by atoms with E-state index >= 15 is 0 Å². The lowest BCUT2D eigenvalue weighted by Gasteiger charge is -2.11. The summed E-state index contributed by atoms with van der Waals surface area (Å²) in [7, 11) is 1.82. The van der Waals surface area contributed by atoms with Crippen molar-refractivity contribution in [2.45, 2.75) is 13.5 Å². The quantitative estimate of drug-likeness (QED) is 0.608. The zero-order valence-corrected chi connectivity index (χ0v) is 14.8. The highest BCUT2D eigenvalue weighted by Gasteiger charge is 2.14. The fraction of sp³-hybridized carbons (Fsp3) is 0.143. The van der Waals surface area contributed by atoms with Gasteiger partial charge < -0.3 is 9.88 Å². The van der Waals surface area contributed by atoms with Crippen LogP contribution < -0.4 is 5.32 Å². The Morgan fingerprint density at radius 3 is 2.50 bits per heavy atom. The van der Waals surface area contributed by atoms with E-state index in [-0.39, 0.29) is 12.5 Å². The molecule has 26 heavy (non-hydrogen) atoms. The topological polar surface area (TPSA) is 51.9 Å². The van der Waals surface area contributed by atoms with Gasteiger partial charge in [-0.2, -0.15) is 5.10 Å². The van der Waals surface area contributed by atoms with Gasteiger partial charge in [0.2, 0.25) is 5.91 Å². The number of rotatable bonds is 4. The molecule has 0 aliphatic carbocycles. The van der Waals surface area contributed by atoms with Crippen LogP contribution >= 0.6 is 0 Å². The molecule has 0 unspecified atom stereocenters. The Morgan fingerprint density at radius 1 is 1.04 bits per heavy atom. The molecule has 5 nitrogen and oxygen atoms in total. The maximum absolute atomic E-state index is 12.7. The van der Waals surface area contributed by atoms with Crippen molar-refractivity contribution in [3.63, 3.8) is 0 Å². The number of aryl methyl sites for hydroxylation is 2. The van der Waals surface area contributed by atoms with Gasteiger partial charge in [-0.25, -0.2) is 0 Å². The smallest absolute Gasteiger partial charge is 0.245 e. The van der Waals surface area contributed by atoms with Crippen LogP contribution in [-0.2, 0) is 18.4 Å². The van der Waals surface area contributed by atoms with E-state index in [1.165, 1.54) is 0 Å².